The molecule has 2 heterocycles. The highest BCUT2D eigenvalue weighted by Crippen LogP contribution is 2.26. The topological polar surface area (TPSA) is 69.9 Å². The maximum atomic E-state index is 12.5. The predicted molar refractivity (Wildman–Crippen MR) is 103 cm³/mol. The molecule has 6 nitrogen and oxygen atoms in total. The summed E-state index contributed by atoms with van der Waals surface area (Å²) in [5.41, 5.74) is 5.92. The smallest absolute Gasteiger partial charge is 0.236 e. The van der Waals surface area contributed by atoms with Crippen LogP contribution in [-0.2, 0) is 9.59 Å². The Balaban J connectivity index is 0.00000156. The van der Waals surface area contributed by atoms with E-state index in [1.807, 2.05) is 9.80 Å². The van der Waals surface area contributed by atoms with Gasteiger partial charge < -0.3 is 15.5 Å². The van der Waals surface area contributed by atoms with Gasteiger partial charge in [-0.1, -0.05) is 0 Å². The van der Waals surface area contributed by atoms with E-state index in [9.17, 15) is 9.59 Å². The molecule has 1 aliphatic carbocycles. The Bertz CT molecular complexity index is 438. The standard InChI is InChI=1S/C17H30N4O2.2ClH/c18-15-5-4-14(12-15)17(23)21-10-8-19(9-11-21)13-16(22)20-6-2-1-3-7-20;;/h14-15H,1-13,18H2;2*1H. The minimum Gasteiger partial charge on any atom is -0.342 e. The Morgan fingerprint density at radius 2 is 1.48 bits per heavy atom. The molecule has 0 bridgehead atoms. The zero-order chi connectivity index (χ0) is 16.2. The van der Waals surface area contributed by atoms with Gasteiger partial charge in [-0.05, 0) is 38.5 Å². The highest BCUT2D eigenvalue weighted by molar-refractivity contribution is 5.85. The molecule has 3 rings (SSSR count). The van der Waals surface area contributed by atoms with E-state index in [4.69, 9.17) is 5.73 Å². The van der Waals surface area contributed by atoms with Crippen LogP contribution in [-0.4, -0.2) is 78.4 Å². The lowest BCUT2D eigenvalue weighted by molar-refractivity contribution is -0.138. The van der Waals surface area contributed by atoms with Gasteiger partial charge in [0.25, 0.3) is 0 Å². The second kappa shape index (κ2) is 10.6. The normalized spacial score (nSPS) is 27.4. The van der Waals surface area contributed by atoms with Gasteiger partial charge in [0.15, 0.2) is 0 Å². The van der Waals surface area contributed by atoms with Crippen LogP contribution in [0.1, 0.15) is 38.5 Å². The largest absolute Gasteiger partial charge is 0.342 e. The van der Waals surface area contributed by atoms with E-state index >= 15 is 0 Å². The summed E-state index contributed by atoms with van der Waals surface area (Å²) in [5, 5.41) is 0. The molecule has 2 saturated heterocycles. The number of hydrogen-bond acceptors (Lipinski definition) is 4. The fraction of sp³-hybridized carbons (Fsp3) is 0.882. The van der Waals surface area contributed by atoms with Crippen molar-refractivity contribution in [3.05, 3.63) is 0 Å². The first kappa shape index (κ1) is 22.5. The van der Waals surface area contributed by atoms with Crippen LogP contribution in [0.4, 0.5) is 0 Å². The van der Waals surface area contributed by atoms with Crippen molar-refractivity contribution in [2.45, 2.75) is 44.6 Å². The number of likely N-dealkylation sites (tertiary alicyclic amines) is 1. The van der Waals surface area contributed by atoms with Crippen LogP contribution in [0.15, 0.2) is 0 Å². The van der Waals surface area contributed by atoms with Gasteiger partial charge in [0.1, 0.15) is 0 Å². The third-order valence-corrected chi connectivity index (χ3v) is 5.57. The van der Waals surface area contributed by atoms with Crippen LogP contribution < -0.4 is 5.73 Å². The highest BCUT2D eigenvalue weighted by Gasteiger charge is 2.32. The van der Waals surface area contributed by atoms with Gasteiger partial charge in [-0.15, -0.1) is 24.8 Å². The quantitative estimate of drug-likeness (QED) is 0.778. The van der Waals surface area contributed by atoms with Gasteiger partial charge in [0.05, 0.1) is 6.54 Å². The molecule has 0 aromatic rings. The number of nitrogens with two attached hydrogens (primary N) is 1. The van der Waals surface area contributed by atoms with Gasteiger partial charge in [-0.3, -0.25) is 14.5 Å². The summed E-state index contributed by atoms with van der Waals surface area (Å²) in [7, 11) is 0. The minimum absolute atomic E-state index is 0. The summed E-state index contributed by atoms with van der Waals surface area (Å²) in [6.45, 7) is 5.46. The molecule has 3 aliphatic rings. The zero-order valence-electron chi connectivity index (χ0n) is 14.9. The van der Waals surface area contributed by atoms with Crippen molar-refractivity contribution in [1.82, 2.24) is 14.7 Å². The molecule has 2 unspecified atom stereocenters. The minimum atomic E-state index is 0. The molecule has 0 radical (unpaired) electrons. The molecule has 8 heteroatoms. The Morgan fingerprint density at radius 3 is 2.04 bits per heavy atom. The third-order valence-electron chi connectivity index (χ3n) is 5.57. The summed E-state index contributed by atoms with van der Waals surface area (Å²) in [5.74, 6) is 0.665. The van der Waals surface area contributed by atoms with Crippen LogP contribution in [0.25, 0.3) is 0 Å². The van der Waals surface area contributed by atoms with E-state index in [1.54, 1.807) is 0 Å². The van der Waals surface area contributed by atoms with Crippen molar-refractivity contribution < 1.29 is 9.59 Å². The second-order valence-corrected chi connectivity index (χ2v) is 7.31. The number of piperidine rings is 1. The number of carbonyl (C=O) groups is 2. The van der Waals surface area contributed by atoms with Crippen molar-refractivity contribution in [1.29, 1.82) is 0 Å². The van der Waals surface area contributed by atoms with Crippen LogP contribution >= 0.6 is 24.8 Å². The van der Waals surface area contributed by atoms with Gasteiger partial charge in [-0.2, -0.15) is 0 Å². The number of halogens is 2. The summed E-state index contributed by atoms with van der Waals surface area (Å²) in [6, 6.07) is 0.201. The first-order valence-corrected chi connectivity index (χ1v) is 9.18. The van der Waals surface area contributed by atoms with E-state index in [2.05, 4.69) is 4.90 Å². The molecule has 2 N–H and O–H groups in total. The Kier molecular flexibility index (Phi) is 9.49. The van der Waals surface area contributed by atoms with Gasteiger partial charge >= 0.3 is 0 Å². The van der Waals surface area contributed by atoms with Crippen molar-refractivity contribution in [2.75, 3.05) is 45.8 Å². The second-order valence-electron chi connectivity index (χ2n) is 7.31. The lowest BCUT2D eigenvalue weighted by Crippen LogP contribution is -2.53. The first-order valence-electron chi connectivity index (χ1n) is 9.18. The first-order chi connectivity index (χ1) is 11.1. The lowest BCUT2D eigenvalue weighted by Gasteiger charge is -2.37. The van der Waals surface area contributed by atoms with E-state index in [1.165, 1.54) is 6.42 Å². The third kappa shape index (κ3) is 5.98. The monoisotopic (exact) mass is 394 g/mol. The molecule has 0 spiro atoms. The highest BCUT2D eigenvalue weighted by atomic mass is 35.5. The van der Waals surface area contributed by atoms with Crippen molar-refractivity contribution in [3.63, 3.8) is 0 Å². The average Bonchev–Trinajstić information content (AvgIpc) is 3.02. The number of carbonyl (C=O) groups excluding carboxylic acids is 2. The Labute approximate surface area is 163 Å². The lowest BCUT2D eigenvalue weighted by atomic mass is 10.1. The van der Waals surface area contributed by atoms with Gasteiger partial charge in [0, 0.05) is 51.2 Å². The fourth-order valence-electron chi connectivity index (χ4n) is 4.06. The van der Waals surface area contributed by atoms with Crippen molar-refractivity contribution >= 4 is 36.6 Å². The van der Waals surface area contributed by atoms with E-state index in [-0.39, 0.29) is 48.6 Å². The zero-order valence-corrected chi connectivity index (χ0v) is 16.5. The summed E-state index contributed by atoms with van der Waals surface area (Å²) in [6.07, 6.45) is 6.27. The number of piperazine rings is 1. The van der Waals surface area contributed by atoms with Crippen LogP contribution in [0.3, 0.4) is 0 Å². The van der Waals surface area contributed by atoms with Gasteiger partial charge in [0.2, 0.25) is 11.8 Å². The van der Waals surface area contributed by atoms with E-state index in [0.29, 0.717) is 6.54 Å². The van der Waals surface area contributed by atoms with Crippen LogP contribution in [0.5, 0.6) is 0 Å². The molecule has 2 aliphatic heterocycles. The van der Waals surface area contributed by atoms with E-state index in [0.717, 1.165) is 71.4 Å². The SMILES string of the molecule is Cl.Cl.NC1CCC(C(=O)N2CCN(CC(=O)N3CCCCC3)CC2)C1. The molecule has 146 valence electrons. The molecule has 1 saturated carbocycles. The Hall–Kier alpha value is -0.560. The maximum absolute atomic E-state index is 12.5. The molecule has 2 amide bonds. The summed E-state index contributed by atoms with van der Waals surface area (Å²) in [4.78, 5) is 31.0. The van der Waals surface area contributed by atoms with Gasteiger partial charge in [-0.25, -0.2) is 0 Å². The number of amides is 2. The number of rotatable bonds is 3. The number of nitrogens with zero attached hydrogens (tertiary/aromatic N) is 3. The van der Waals surface area contributed by atoms with Crippen LogP contribution in [0.2, 0.25) is 0 Å². The fourth-order valence-corrected chi connectivity index (χ4v) is 4.06. The maximum Gasteiger partial charge on any atom is 0.236 e. The molecule has 2 atom stereocenters. The molecular weight excluding hydrogens is 363 g/mol. The average molecular weight is 395 g/mol. The molecule has 3 fully saturated rings. The summed E-state index contributed by atoms with van der Waals surface area (Å²) < 4.78 is 0. The molecule has 0 aromatic carbocycles. The van der Waals surface area contributed by atoms with Crippen molar-refractivity contribution in [3.8, 4) is 0 Å². The Morgan fingerprint density at radius 1 is 0.840 bits per heavy atom. The summed E-state index contributed by atoms with van der Waals surface area (Å²) >= 11 is 0. The predicted octanol–water partition coefficient (Wildman–Crippen LogP) is 1.11. The van der Waals surface area contributed by atoms with Crippen molar-refractivity contribution in [2.24, 2.45) is 11.7 Å². The number of hydrogen-bond donors (Lipinski definition) is 1. The molecule has 0 aromatic heterocycles. The molecule has 25 heavy (non-hydrogen) atoms. The van der Waals surface area contributed by atoms with E-state index < -0.39 is 0 Å². The van der Waals surface area contributed by atoms with Crippen LogP contribution in [0, 0.1) is 5.92 Å². The molecular formula is C17H32Cl2N4O2.